The van der Waals surface area contributed by atoms with Crippen LogP contribution in [0.15, 0.2) is 36.4 Å². The van der Waals surface area contributed by atoms with Crippen LogP contribution in [0, 0.1) is 0 Å². The van der Waals surface area contributed by atoms with Crippen molar-refractivity contribution in [3.8, 4) is 11.3 Å². The molecule has 1 saturated heterocycles. The van der Waals surface area contributed by atoms with E-state index < -0.39 is 0 Å². The molecule has 0 unspecified atom stereocenters. The van der Waals surface area contributed by atoms with Crippen molar-refractivity contribution in [3.63, 3.8) is 0 Å². The van der Waals surface area contributed by atoms with E-state index in [0.29, 0.717) is 5.69 Å². The first kappa shape index (κ1) is 16.7. The highest BCUT2D eigenvalue weighted by atomic mass is 16.2. The van der Waals surface area contributed by atoms with Gasteiger partial charge in [-0.2, -0.15) is 5.10 Å². The molecule has 2 aromatic rings. The van der Waals surface area contributed by atoms with Crippen LogP contribution in [-0.4, -0.2) is 33.2 Å². The number of carbonyl (C=O) groups excluding carboxylic acids is 1. The molecule has 3 N–H and O–H groups in total. The molecule has 24 heavy (non-hydrogen) atoms. The van der Waals surface area contributed by atoms with E-state index in [4.69, 9.17) is 0 Å². The number of carbonyl (C=O) groups is 1. The molecule has 2 heterocycles. The van der Waals surface area contributed by atoms with Crippen LogP contribution < -0.4 is 10.6 Å². The second kappa shape index (κ2) is 6.06. The monoisotopic (exact) mass is 326 g/mol. The van der Waals surface area contributed by atoms with Crippen LogP contribution in [0.4, 0.5) is 0 Å². The van der Waals surface area contributed by atoms with Crippen molar-refractivity contribution in [2.45, 2.75) is 57.7 Å². The highest BCUT2D eigenvalue weighted by molar-refractivity contribution is 5.93. The first-order valence-electron chi connectivity index (χ1n) is 8.45. The SMILES string of the molecule is CC1(C)CC(NC(=O)c2cc(-c3ccccc3)n[nH]2)CC(C)(C)N1. The molecular weight excluding hydrogens is 300 g/mol. The van der Waals surface area contributed by atoms with Gasteiger partial charge in [0.15, 0.2) is 0 Å². The topological polar surface area (TPSA) is 69.8 Å². The normalized spacial score (nSPS) is 19.8. The lowest BCUT2D eigenvalue weighted by Gasteiger charge is -2.46. The molecular formula is C19H26N4O. The van der Waals surface area contributed by atoms with Gasteiger partial charge in [0.1, 0.15) is 5.69 Å². The summed E-state index contributed by atoms with van der Waals surface area (Å²) in [5, 5.41) is 13.9. The molecule has 0 bridgehead atoms. The van der Waals surface area contributed by atoms with Gasteiger partial charge in [-0.3, -0.25) is 9.89 Å². The second-order valence-corrected chi connectivity index (χ2v) is 8.00. The standard InChI is InChI=1S/C19H26N4O/c1-18(2)11-14(12-19(3,4)23-18)20-17(24)16-10-15(21-22-16)13-8-6-5-7-9-13/h5-10,14,23H,11-12H2,1-4H3,(H,20,24)(H,21,22). The molecule has 1 fully saturated rings. The first-order chi connectivity index (χ1) is 11.2. The van der Waals surface area contributed by atoms with Gasteiger partial charge < -0.3 is 10.6 Å². The maximum atomic E-state index is 12.6. The van der Waals surface area contributed by atoms with Crippen LogP contribution in [0.3, 0.4) is 0 Å². The van der Waals surface area contributed by atoms with Crippen molar-refractivity contribution in [2.75, 3.05) is 0 Å². The third-order valence-corrected chi connectivity index (χ3v) is 4.42. The fraction of sp³-hybridized carbons (Fsp3) is 0.474. The minimum Gasteiger partial charge on any atom is -0.348 e. The van der Waals surface area contributed by atoms with Crippen molar-refractivity contribution in [1.82, 2.24) is 20.8 Å². The predicted octanol–water partition coefficient (Wildman–Crippen LogP) is 3.12. The fourth-order valence-electron chi connectivity index (χ4n) is 3.88. The maximum Gasteiger partial charge on any atom is 0.269 e. The molecule has 0 aliphatic carbocycles. The highest BCUT2D eigenvalue weighted by Crippen LogP contribution is 2.28. The fourth-order valence-corrected chi connectivity index (χ4v) is 3.88. The van der Waals surface area contributed by atoms with E-state index in [1.165, 1.54) is 0 Å². The van der Waals surface area contributed by atoms with E-state index in [0.717, 1.165) is 24.1 Å². The Morgan fingerprint density at radius 2 is 1.75 bits per heavy atom. The Morgan fingerprint density at radius 1 is 1.12 bits per heavy atom. The molecule has 128 valence electrons. The summed E-state index contributed by atoms with van der Waals surface area (Å²) >= 11 is 0. The number of hydrogen-bond donors (Lipinski definition) is 3. The average Bonchev–Trinajstić information content (AvgIpc) is 2.94. The molecule has 0 atom stereocenters. The number of rotatable bonds is 3. The van der Waals surface area contributed by atoms with Gasteiger partial charge in [0.05, 0.1) is 5.69 Å². The summed E-state index contributed by atoms with van der Waals surface area (Å²) in [4.78, 5) is 12.6. The number of nitrogens with one attached hydrogen (secondary N) is 3. The second-order valence-electron chi connectivity index (χ2n) is 8.00. The zero-order valence-electron chi connectivity index (χ0n) is 14.8. The predicted molar refractivity (Wildman–Crippen MR) is 95.8 cm³/mol. The average molecular weight is 326 g/mol. The van der Waals surface area contributed by atoms with Crippen molar-refractivity contribution in [2.24, 2.45) is 0 Å². The number of aromatic amines is 1. The molecule has 0 spiro atoms. The Bertz CT molecular complexity index is 702. The number of aromatic nitrogens is 2. The smallest absolute Gasteiger partial charge is 0.269 e. The van der Waals surface area contributed by atoms with E-state index in [1.54, 1.807) is 0 Å². The zero-order chi connectivity index (χ0) is 17.4. The lowest BCUT2D eigenvalue weighted by atomic mass is 9.79. The number of H-pyrrole nitrogens is 1. The van der Waals surface area contributed by atoms with Crippen LogP contribution >= 0.6 is 0 Å². The summed E-state index contributed by atoms with van der Waals surface area (Å²) in [5.41, 5.74) is 2.29. The Balaban J connectivity index is 1.70. The van der Waals surface area contributed by atoms with Crippen LogP contribution in [0.5, 0.6) is 0 Å². The quantitative estimate of drug-likeness (QED) is 0.811. The summed E-state index contributed by atoms with van der Waals surface area (Å²) in [6.07, 6.45) is 1.81. The molecule has 0 saturated carbocycles. The molecule has 3 rings (SSSR count). The minimum absolute atomic E-state index is 0.00286. The summed E-state index contributed by atoms with van der Waals surface area (Å²) in [6.45, 7) is 8.71. The Morgan fingerprint density at radius 3 is 2.38 bits per heavy atom. The minimum atomic E-state index is -0.0943. The number of amides is 1. The van der Waals surface area contributed by atoms with Crippen LogP contribution in [-0.2, 0) is 0 Å². The molecule has 0 radical (unpaired) electrons. The van der Waals surface area contributed by atoms with E-state index in [1.807, 2.05) is 36.4 Å². The van der Waals surface area contributed by atoms with Gasteiger partial charge >= 0.3 is 0 Å². The molecule has 1 amide bonds. The molecule has 1 aromatic heterocycles. The molecule has 5 heteroatoms. The van der Waals surface area contributed by atoms with Crippen molar-refractivity contribution < 1.29 is 4.79 Å². The summed E-state index contributed by atoms with van der Waals surface area (Å²) < 4.78 is 0. The van der Waals surface area contributed by atoms with E-state index in [-0.39, 0.29) is 23.0 Å². The van der Waals surface area contributed by atoms with E-state index in [2.05, 4.69) is 48.5 Å². The first-order valence-corrected chi connectivity index (χ1v) is 8.45. The van der Waals surface area contributed by atoms with Crippen LogP contribution in [0.1, 0.15) is 51.0 Å². The van der Waals surface area contributed by atoms with Gasteiger partial charge in [-0.15, -0.1) is 0 Å². The zero-order valence-corrected chi connectivity index (χ0v) is 14.8. The van der Waals surface area contributed by atoms with Gasteiger partial charge in [0.25, 0.3) is 5.91 Å². The van der Waals surface area contributed by atoms with Crippen LogP contribution in [0.25, 0.3) is 11.3 Å². The highest BCUT2D eigenvalue weighted by Gasteiger charge is 2.38. The van der Waals surface area contributed by atoms with Crippen molar-refractivity contribution in [3.05, 3.63) is 42.1 Å². The lowest BCUT2D eigenvalue weighted by Crippen LogP contribution is -2.62. The third-order valence-electron chi connectivity index (χ3n) is 4.42. The van der Waals surface area contributed by atoms with E-state index >= 15 is 0 Å². The van der Waals surface area contributed by atoms with Gasteiger partial charge in [-0.05, 0) is 46.6 Å². The molecule has 1 aliphatic rings. The lowest BCUT2D eigenvalue weighted by molar-refractivity contribution is 0.0868. The molecule has 1 aromatic carbocycles. The summed E-state index contributed by atoms with van der Waals surface area (Å²) in [7, 11) is 0. The van der Waals surface area contributed by atoms with E-state index in [9.17, 15) is 4.79 Å². The Kier molecular flexibility index (Phi) is 4.22. The number of benzene rings is 1. The van der Waals surface area contributed by atoms with Crippen molar-refractivity contribution >= 4 is 5.91 Å². The number of hydrogen-bond acceptors (Lipinski definition) is 3. The summed E-state index contributed by atoms with van der Waals surface area (Å²) in [5.74, 6) is -0.0943. The van der Waals surface area contributed by atoms with Gasteiger partial charge in [0, 0.05) is 22.7 Å². The summed E-state index contributed by atoms with van der Waals surface area (Å²) in [6, 6.07) is 11.8. The van der Waals surface area contributed by atoms with Crippen molar-refractivity contribution in [1.29, 1.82) is 0 Å². The number of piperidine rings is 1. The largest absolute Gasteiger partial charge is 0.348 e. The number of nitrogens with zero attached hydrogens (tertiary/aromatic N) is 1. The van der Waals surface area contributed by atoms with Crippen LogP contribution in [0.2, 0.25) is 0 Å². The Labute approximate surface area is 143 Å². The Hall–Kier alpha value is -2.14. The molecule has 1 aliphatic heterocycles. The van der Waals surface area contributed by atoms with Gasteiger partial charge in [0.2, 0.25) is 0 Å². The third kappa shape index (κ3) is 3.85. The van der Waals surface area contributed by atoms with Gasteiger partial charge in [-0.1, -0.05) is 30.3 Å². The van der Waals surface area contributed by atoms with Gasteiger partial charge in [-0.25, -0.2) is 0 Å². The maximum absolute atomic E-state index is 12.6. The molecule has 5 nitrogen and oxygen atoms in total.